The van der Waals surface area contributed by atoms with Crippen LogP contribution in [0.5, 0.6) is 0 Å². The SMILES string of the molecule is O=C(/C=C/c1ccc2c(c1)CC/C(=C\c1cc(C(F)(F)F)cc(C(F)(F)F)c1)C2=O)NCCCCCC(O)NOC1CCCCO1. The average molecular weight is 655 g/mol. The topological polar surface area (TPSA) is 96.9 Å². The molecular formula is C33H36F6N2O5. The molecule has 1 fully saturated rings. The van der Waals surface area contributed by atoms with E-state index >= 15 is 0 Å². The Morgan fingerprint density at radius 1 is 0.978 bits per heavy atom. The van der Waals surface area contributed by atoms with Crippen molar-refractivity contribution >= 4 is 23.8 Å². The normalized spacial score (nSPS) is 19.0. The number of hydrogen-bond donors (Lipinski definition) is 3. The molecule has 3 N–H and O–H groups in total. The third-order valence-electron chi connectivity index (χ3n) is 7.63. The molecular weight excluding hydrogens is 618 g/mol. The van der Waals surface area contributed by atoms with Crippen molar-refractivity contribution in [2.24, 2.45) is 0 Å². The van der Waals surface area contributed by atoms with E-state index in [-0.39, 0.29) is 35.8 Å². The number of ether oxygens (including phenoxy) is 1. The van der Waals surface area contributed by atoms with Gasteiger partial charge in [0.2, 0.25) is 5.91 Å². The number of hydrogen-bond acceptors (Lipinski definition) is 6. The van der Waals surface area contributed by atoms with Crippen LogP contribution in [-0.2, 0) is 33.1 Å². The fraction of sp³-hybridized carbons (Fsp3) is 0.455. The van der Waals surface area contributed by atoms with Gasteiger partial charge in [0.15, 0.2) is 12.1 Å². The second-order valence-corrected chi connectivity index (χ2v) is 11.3. The lowest BCUT2D eigenvalue weighted by Gasteiger charge is -2.24. The molecule has 1 heterocycles. The van der Waals surface area contributed by atoms with Gasteiger partial charge in [0.1, 0.15) is 6.23 Å². The molecule has 4 rings (SSSR count). The third kappa shape index (κ3) is 10.5. The number of halogens is 6. The summed E-state index contributed by atoms with van der Waals surface area (Å²) in [6.07, 6.45) is -1.07. The molecule has 7 nitrogen and oxygen atoms in total. The predicted octanol–water partition coefficient (Wildman–Crippen LogP) is 6.99. The number of alkyl halides is 6. The van der Waals surface area contributed by atoms with E-state index in [9.17, 15) is 41.0 Å². The number of nitrogens with one attached hydrogen (secondary N) is 2. The second-order valence-electron chi connectivity index (χ2n) is 11.3. The minimum Gasteiger partial charge on any atom is -0.377 e. The van der Waals surface area contributed by atoms with E-state index in [0.29, 0.717) is 61.2 Å². The Morgan fingerprint density at radius 2 is 1.72 bits per heavy atom. The van der Waals surface area contributed by atoms with Gasteiger partial charge in [-0.25, -0.2) is 0 Å². The molecule has 0 bridgehead atoms. The van der Waals surface area contributed by atoms with E-state index in [1.165, 1.54) is 12.1 Å². The van der Waals surface area contributed by atoms with Crippen LogP contribution < -0.4 is 10.8 Å². The highest BCUT2D eigenvalue weighted by atomic mass is 19.4. The summed E-state index contributed by atoms with van der Waals surface area (Å²) in [5.41, 5.74) is 1.08. The lowest BCUT2D eigenvalue weighted by molar-refractivity contribution is -0.220. The molecule has 46 heavy (non-hydrogen) atoms. The number of aliphatic hydroxyl groups is 1. The van der Waals surface area contributed by atoms with Crippen LogP contribution in [0.4, 0.5) is 26.3 Å². The van der Waals surface area contributed by atoms with Crippen LogP contribution in [0, 0.1) is 0 Å². The Labute approximate surface area is 262 Å². The standard InChI is InChI=1S/C33H36F6N2O5/c34-32(35,36)25-18-22(19-26(20-25)33(37,38)39)17-24-11-10-23-16-21(8-12-27(23)31(24)44)9-13-28(42)40-14-4-1-2-6-29(43)41-46-30-7-3-5-15-45-30/h8-9,12-13,16-20,29-30,41,43H,1-7,10-11,14-15H2,(H,40,42)/b13-9+,24-17+. The molecule has 2 aliphatic rings. The number of hydroxylamine groups is 1. The molecule has 0 saturated carbocycles. The minimum absolute atomic E-state index is 0.0484. The Balaban J connectivity index is 1.24. The third-order valence-corrected chi connectivity index (χ3v) is 7.63. The van der Waals surface area contributed by atoms with Crippen LogP contribution in [-0.4, -0.2) is 42.5 Å². The number of ketones is 1. The Hall–Kier alpha value is -3.52. The number of unbranched alkanes of at least 4 members (excludes halogenated alkanes) is 2. The number of benzene rings is 2. The molecule has 2 unspecified atom stereocenters. The fourth-order valence-corrected chi connectivity index (χ4v) is 5.20. The van der Waals surface area contributed by atoms with Crippen LogP contribution in [0.1, 0.15) is 89.5 Å². The van der Waals surface area contributed by atoms with Crippen molar-refractivity contribution in [3.8, 4) is 0 Å². The maximum Gasteiger partial charge on any atom is 0.416 e. The summed E-state index contributed by atoms with van der Waals surface area (Å²) in [4.78, 5) is 30.6. The van der Waals surface area contributed by atoms with E-state index in [4.69, 9.17) is 9.57 Å². The van der Waals surface area contributed by atoms with Crippen molar-refractivity contribution < 1.29 is 50.6 Å². The van der Waals surface area contributed by atoms with Gasteiger partial charge >= 0.3 is 12.4 Å². The predicted molar refractivity (Wildman–Crippen MR) is 158 cm³/mol. The summed E-state index contributed by atoms with van der Waals surface area (Å²) in [5.74, 6) is -0.782. The molecule has 2 aromatic rings. The van der Waals surface area contributed by atoms with Crippen LogP contribution in [0.2, 0.25) is 0 Å². The van der Waals surface area contributed by atoms with Gasteiger partial charge < -0.3 is 15.2 Å². The molecule has 250 valence electrons. The number of carbonyl (C=O) groups is 2. The molecule has 1 aliphatic heterocycles. The number of aryl methyl sites for hydroxylation is 1. The lowest BCUT2D eigenvalue weighted by Crippen LogP contribution is -2.35. The lowest BCUT2D eigenvalue weighted by atomic mass is 9.85. The monoisotopic (exact) mass is 654 g/mol. The van der Waals surface area contributed by atoms with E-state index in [2.05, 4.69) is 10.8 Å². The van der Waals surface area contributed by atoms with E-state index < -0.39 is 35.5 Å². The molecule has 0 aromatic heterocycles. The van der Waals surface area contributed by atoms with Crippen molar-refractivity contribution in [2.75, 3.05) is 13.2 Å². The number of allylic oxidation sites excluding steroid dienone is 1. The zero-order chi connectivity index (χ0) is 33.3. The zero-order valence-corrected chi connectivity index (χ0v) is 25.0. The molecule has 1 amide bonds. The molecule has 0 radical (unpaired) electrons. The van der Waals surface area contributed by atoms with Crippen molar-refractivity contribution in [3.05, 3.63) is 81.4 Å². The van der Waals surface area contributed by atoms with Gasteiger partial charge in [-0.2, -0.15) is 31.8 Å². The van der Waals surface area contributed by atoms with Gasteiger partial charge in [0, 0.05) is 36.8 Å². The van der Waals surface area contributed by atoms with Gasteiger partial charge in [0.05, 0.1) is 11.1 Å². The fourth-order valence-electron chi connectivity index (χ4n) is 5.20. The highest BCUT2D eigenvalue weighted by Gasteiger charge is 2.37. The second kappa shape index (κ2) is 15.9. The van der Waals surface area contributed by atoms with Gasteiger partial charge in [-0.3, -0.25) is 14.4 Å². The van der Waals surface area contributed by atoms with Gasteiger partial charge in [-0.15, -0.1) is 0 Å². The number of amides is 1. The zero-order valence-electron chi connectivity index (χ0n) is 25.0. The van der Waals surface area contributed by atoms with Crippen LogP contribution in [0.3, 0.4) is 0 Å². The highest BCUT2D eigenvalue weighted by molar-refractivity contribution is 6.13. The number of aliphatic hydroxyl groups excluding tert-OH is 1. The van der Waals surface area contributed by atoms with Crippen LogP contribution >= 0.6 is 0 Å². The van der Waals surface area contributed by atoms with Gasteiger partial charge in [-0.05, 0) is 92.0 Å². The first-order chi connectivity index (χ1) is 21.8. The summed E-state index contributed by atoms with van der Waals surface area (Å²) in [5, 5.41) is 12.8. The number of rotatable bonds is 12. The van der Waals surface area contributed by atoms with Gasteiger partial charge in [0.25, 0.3) is 0 Å². The van der Waals surface area contributed by atoms with E-state index in [0.717, 1.165) is 38.2 Å². The van der Waals surface area contributed by atoms with Crippen molar-refractivity contribution in [2.45, 2.75) is 82.7 Å². The van der Waals surface area contributed by atoms with Crippen molar-refractivity contribution in [1.29, 1.82) is 0 Å². The summed E-state index contributed by atoms with van der Waals surface area (Å²) in [6, 6.07) is 6.11. The molecule has 13 heteroatoms. The quantitative estimate of drug-likeness (QED) is 0.0751. The minimum atomic E-state index is -4.99. The summed E-state index contributed by atoms with van der Waals surface area (Å²) in [7, 11) is 0. The maximum absolute atomic E-state index is 13.2. The van der Waals surface area contributed by atoms with E-state index in [1.54, 1.807) is 18.2 Å². The molecule has 2 aromatic carbocycles. The van der Waals surface area contributed by atoms with Crippen LogP contribution in [0.25, 0.3) is 12.2 Å². The van der Waals surface area contributed by atoms with Crippen molar-refractivity contribution in [3.63, 3.8) is 0 Å². The maximum atomic E-state index is 13.2. The first-order valence-electron chi connectivity index (χ1n) is 15.1. The largest absolute Gasteiger partial charge is 0.416 e. The molecule has 0 spiro atoms. The Bertz CT molecular complexity index is 1400. The summed E-state index contributed by atoms with van der Waals surface area (Å²) < 4.78 is 84.8. The highest BCUT2D eigenvalue weighted by Crippen LogP contribution is 2.37. The molecule has 2 atom stereocenters. The number of Topliss-reactive ketones (excluding diaryl/α,β-unsaturated/α-hetero) is 1. The van der Waals surface area contributed by atoms with Gasteiger partial charge in [-0.1, -0.05) is 24.6 Å². The number of fused-ring (bicyclic) bond motifs is 1. The summed E-state index contributed by atoms with van der Waals surface area (Å²) in [6.45, 7) is 1.10. The van der Waals surface area contributed by atoms with Crippen molar-refractivity contribution in [1.82, 2.24) is 10.8 Å². The number of carbonyl (C=O) groups excluding carboxylic acids is 2. The Kier molecular flexibility index (Phi) is 12.2. The first-order valence-corrected chi connectivity index (χ1v) is 15.1. The average Bonchev–Trinajstić information content (AvgIpc) is 3.01. The van der Waals surface area contributed by atoms with Crippen LogP contribution in [0.15, 0.2) is 48.0 Å². The first kappa shape index (κ1) is 35.3. The molecule has 1 aliphatic carbocycles. The molecule has 1 saturated heterocycles. The Morgan fingerprint density at radius 3 is 2.39 bits per heavy atom. The smallest absolute Gasteiger partial charge is 0.377 e. The van der Waals surface area contributed by atoms with E-state index in [1.807, 2.05) is 0 Å². The summed E-state index contributed by atoms with van der Waals surface area (Å²) >= 11 is 0.